The zero-order chi connectivity index (χ0) is 49.0. The molecule has 2 aromatic heterocycles. The molecule has 12 rings (SSSR count). The van der Waals surface area contributed by atoms with E-state index in [1.807, 2.05) is 0 Å². The van der Waals surface area contributed by atoms with Crippen LogP contribution < -0.4 is 49.9 Å². The van der Waals surface area contributed by atoms with E-state index in [2.05, 4.69) is 0 Å². The van der Waals surface area contributed by atoms with Crippen LogP contribution in [0.15, 0.2) is 152 Å². The maximum absolute atomic E-state index is 14.6. The van der Waals surface area contributed by atoms with Crippen LogP contribution in [0.25, 0.3) is 21.9 Å². The van der Waals surface area contributed by atoms with Crippen LogP contribution in [0.3, 0.4) is 0 Å². The van der Waals surface area contributed by atoms with Crippen LogP contribution >= 0.6 is 14.7 Å². The van der Waals surface area contributed by atoms with Gasteiger partial charge in [0.15, 0.2) is 7.34 Å². The lowest BCUT2D eigenvalue weighted by atomic mass is 10.2. The van der Waals surface area contributed by atoms with E-state index >= 15 is 0 Å². The van der Waals surface area contributed by atoms with Crippen molar-refractivity contribution in [2.24, 2.45) is 0 Å². The number of ether oxygens (including phenoxy) is 6. The van der Waals surface area contributed by atoms with Crippen molar-refractivity contribution in [3.05, 3.63) is 165 Å². The molecular formula is C47H30F6O14P2. The van der Waals surface area contributed by atoms with E-state index in [1.165, 1.54) is 86.0 Å². The topological polar surface area (TPSA) is 194 Å². The van der Waals surface area contributed by atoms with E-state index in [0.717, 1.165) is 54.6 Å². The first-order valence-corrected chi connectivity index (χ1v) is 23.2. The van der Waals surface area contributed by atoms with Gasteiger partial charge in [-0.3, -0.25) is 14.2 Å². The highest BCUT2D eigenvalue weighted by Crippen LogP contribution is 2.54. The molecule has 4 aliphatic rings. The minimum absolute atomic E-state index is 0.0217. The fourth-order valence-electron chi connectivity index (χ4n) is 7.02. The van der Waals surface area contributed by atoms with Crippen LogP contribution in [0.1, 0.15) is 11.5 Å². The maximum atomic E-state index is 14.6. The third kappa shape index (κ3) is 9.27. The molecule has 6 heterocycles. The second-order valence-corrected chi connectivity index (χ2v) is 19.7. The molecule has 0 aliphatic carbocycles. The average Bonchev–Trinajstić information content (AvgIpc) is 3.30. The van der Waals surface area contributed by atoms with Crippen LogP contribution in [0, 0.1) is 0 Å². The molecule has 1 unspecified atom stereocenters. The minimum Gasteiger partial charge on any atom is -0.497 e. The smallest absolute Gasteiger partial charge is 0.453 e. The number of alkyl halides is 6. The summed E-state index contributed by atoms with van der Waals surface area (Å²) in [5.74, 6) is -6.10. The Labute approximate surface area is 383 Å². The molecule has 6 aromatic carbocycles. The monoisotopic (exact) mass is 994 g/mol. The van der Waals surface area contributed by atoms with Gasteiger partial charge in [-0.2, -0.15) is 26.3 Å². The van der Waals surface area contributed by atoms with Crippen molar-refractivity contribution in [3.63, 3.8) is 0 Å². The highest BCUT2D eigenvalue weighted by molar-refractivity contribution is 7.98. The first-order chi connectivity index (χ1) is 32.7. The molecule has 0 amide bonds. The van der Waals surface area contributed by atoms with Crippen molar-refractivity contribution in [3.8, 4) is 57.5 Å². The molecule has 0 saturated carbocycles. The van der Waals surface area contributed by atoms with Gasteiger partial charge in [0.1, 0.15) is 68.8 Å². The zero-order valence-corrected chi connectivity index (χ0v) is 36.7. The van der Waals surface area contributed by atoms with Gasteiger partial charge in [-0.15, -0.1) is 0 Å². The molecule has 4 aliphatic heterocycles. The molecule has 354 valence electrons. The second-order valence-electron chi connectivity index (χ2n) is 14.9. The van der Waals surface area contributed by atoms with Gasteiger partial charge in [0.25, 0.3) is 18.9 Å². The van der Waals surface area contributed by atoms with Gasteiger partial charge in [0.2, 0.25) is 22.4 Å². The SMILES string of the molecule is COc1ccc(Oc2c(C(F)(F)F)oc3cc(Oc4ccc(P(=O)(O)C5=P(O)(O)c6cccc(c6)Oc6ccc7c(=O)c(c(C(F)(F)F)oc7c6)Oc6ccc(cc6)OC5)cc4)ccc3c2=O)cc1. The van der Waals surface area contributed by atoms with Crippen LogP contribution in [0.5, 0.6) is 57.5 Å². The Morgan fingerprint density at radius 2 is 1.14 bits per heavy atom. The standard InChI is InChI=1S/C47H30F6O14P2/c1-60-25-5-9-28(10-6-25)64-42-40(54)35-19-15-31(22-37(35)66-44(42)46(48,49)50)62-27-13-17-33(18-14-27)68(56,57)39-24-61-26-7-11-29(12-8-26)65-43-41(55)36-20-16-32(23-38(36)67-45(43)47(51,52)53)63-30-3-2-4-34(21-30)69(39,58)59/h2-23,58-59H,24H2,1H3,(H,56,57). The third-order valence-corrected chi connectivity index (χ3v) is 15.7. The summed E-state index contributed by atoms with van der Waals surface area (Å²) in [4.78, 5) is 62.4. The molecule has 8 aromatic rings. The van der Waals surface area contributed by atoms with Crippen LogP contribution in [0.2, 0.25) is 0 Å². The van der Waals surface area contributed by atoms with Gasteiger partial charge >= 0.3 is 12.4 Å². The molecule has 0 spiro atoms. The first-order valence-electron chi connectivity index (χ1n) is 19.9. The van der Waals surface area contributed by atoms with E-state index in [9.17, 15) is 55.2 Å². The quantitative estimate of drug-likeness (QED) is 0.101. The van der Waals surface area contributed by atoms with Gasteiger partial charge in [0.05, 0.1) is 17.9 Å². The molecule has 22 heteroatoms. The zero-order valence-electron chi connectivity index (χ0n) is 34.9. The highest BCUT2D eigenvalue weighted by atomic mass is 31.2. The van der Waals surface area contributed by atoms with E-state index in [1.54, 1.807) is 0 Å². The van der Waals surface area contributed by atoms with E-state index in [4.69, 9.17) is 37.3 Å². The summed E-state index contributed by atoms with van der Waals surface area (Å²) in [6.07, 6.45) is -10.3. The molecule has 1 atom stereocenters. The van der Waals surface area contributed by atoms with Gasteiger partial charge < -0.3 is 51.9 Å². The summed E-state index contributed by atoms with van der Waals surface area (Å²) in [5.41, 5.74) is -3.28. The Kier molecular flexibility index (Phi) is 11.9. The Hall–Kier alpha value is -7.47. The van der Waals surface area contributed by atoms with Gasteiger partial charge in [0, 0.05) is 22.7 Å². The summed E-state index contributed by atoms with van der Waals surface area (Å²) in [7, 11) is -8.48. The number of hydrogen-bond acceptors (Lipinski definition) is 13. The summed E-state index contributed by atoms with van der Waals surface area (Å²) in [6, 6.07) is 26.7. The van der Waals surface area contributed by atoms with Crippen molar-refractivity contribution in [2.45, 2.75) is 12.4 Å². The number of rotatable bonds is 7. The van der Waals surface area contributed by atoms with Gasteiger partial charge in [-0.05, 0) is 115 Å². The normalized spacial score (nSPS) is 14.6. The van der Waals surface area contributed by atoms with Crippen molar-refractivity contribution in [1.82, 2.24) is 0 Å². The third-order valence-electron chi connectivity index (χ3n) is 10.4. The number of methoxy groups -OCH3 is 1. The molecule has 69 heavy (non-hydrogen) atoms. The fourth-order valence-corrected chi connectivity index (χ4v) is 11.5. The fraction of sp³-hybridized carbons (Fsp3) is 0.0851. The molecule has 0 radical (unpaired) electrons. The summed E-state index contributed by atoms with van der Waals surface area (Å²) >= 11 is 0. The minimum atomic E-state index is -5.17. The van der Waals surface area contributed by atoms with Gasteiger partial charge in [-0.25, -0.2) is 0 Å². The second kappa shape index (κ2) is 17.6. The Morgan fingerprint density at radius 1 is 0.594 bits per heavy atom. The number of benzene rings is 6. The van der Waals surface area contributed by atoms with E-state index in [-0.39, 0.29) is 61.6 Å². The molecule has 0 saturated heterocycles. The van der Waals surface area contributed by atoms with Crippen molar-refractivity contribution < 1.29 is 82.8 Å². The van der Waals surface area contributed by atoms with E-state index < -0.39 is 83.7 Å². The summed E-state index contributed by atoms with van der Waals surface area (Å²) in [5, 5.41) is -1.98. The number of fused-ring (bicyclic) bond motifs is 3. The lowest BCUT2D eigenvalue weighted by molar-refractivity contribution is -0.154. The Bertz CT molecular complexity index is 3530. The predicted molar refractivity (Wildman–Crippen MR) is 239 cm³/mol. The summed E-state index contributed by atoms with van der Waals surface area (Å²) in [6.45, 7) is -0.909. The number of hydrogen-bond donors (Lipinski definition) is 3. The Morgan fingerprint density at radius 3 is 1.83 bits per heavy atom. The number of halogens is 6. The van der Waals surface area contributed by atoms with Gasteiger partial charge in [-0.1, -0.05) is 6.07 Å². The van der Waals surface area contributed by atoms with Crippen molar-refractivity contribution in [1.29, 1.82) is 0 Å². The lowest BCUT2D eigenvalue weighted by Gasteiger charge is -2.24. The first kappa shape index (κ1) is 46.6. The van der Waals surface area contributed by atoms with Crippen LogP contribution in [-0.2, 0) is 16.9 Å². The maximum Gasteiger partial charge on any atom is 0.453 e. The summed E-state index contributed by atoms with van der Waals surface area (Å²) < 4.78 is 144. The van der Waals surface area contributed by atoms with Crippen molar-refractivity contribution >= 4 is 52.3 Å². The Balaban J connectivity index is 1.05. The molecular weight excluding hydrogens is 964 g/mol. The average molecular weight is 995 g/mol. The molecule has 0 fully saturated rings. The van der Waals surface area contributed by atoms with E-state index in [0.29, 0.717) is 5.75 Å². The van der Waals surface area contributed by atoms with Crippen LogP contribution in [0.4, 0.5) is 26.3 Å². The lowest BCUT2D eigenvalue weighted by Crippen LogP contribution is -2.24. The molecule has 14 nitrogen and oxygen atoms in total. The highest BCUT2D eigenvalue weighted by Gasteiger charge is 2.42. The predicted octanol–water partition coefficient (Wildman–Crippen LogP) is 10.7. The molecule has 3 N–H and O–H groups in total. The van der Waals surface area contributed by atoms with Crippen molar-refractivity contribution in [2.75, 3.05) is 13.7 Å². The largest absolute Gasteiger partial charge is 0.497 e. The molecule has 8 bridgehead atoms. The van der Waals surface area contributed by atoms with Crippen LogP contribution in [-0.4, -0.2) is 33.4 Å².